The van der Waals surface area contributed by atoms with Crippen molar-refractivity contribution in [2.24, 2.45) is 0 Å². The molecule has 0 radical (unpaired) electrons. The van der Waals surface area contributed by atoms with Crippen LogP contribution < -0.4 is 10.3 Å². The molecule has 1 aliphatic heterocycles. The molecule has 1 amide bonds. The maximum Gasteiger partial charge on any atom is 0.260 e. The Morgan fingerprint density at radius 3 is 2.75 bits per heavy atom. The highest BCUT2D eigenvalue weighted by Gasteiger charge is 2.26. The lowest BCUT2D eigenvalue weighted by molar-refractivity contribution is 0.0985. The average molecular weight is 406 g/mol. The van der Waals surface area contributed by atoms with E-state index in [0.29, 0.717) is 17.1 Å². The number of carbonyl (C=O) groups is 1. The number of nitrogens with zero attached hydrogens (tertiary/aromatic N) is 2. The Kier molecular flexibility index (Phi) is 4.19. The molecule has 4 aromatic rings. The standard InChI is InChI=1S/C22H16ClN3OS/c23-18-13-15(21-8-4-12-28-21)9-10-17(18)22(27)25-14-16-5-3-11-26(16)24-19-6-1-2-7-20(19)25/h1-13,24H,14H2. The van der Waals surface area contributed by atoms with Gasteiger partial charge in [0.05, 0.1) is 34.2 Å². The summed E-state index contributed by atoms with van der Waals surface area (Å²) in [6.45, 7) is 0.457. The van der Waals surface area contributed by atoms with E-state index in [-0.39, 0.29) is 5.91 Å². The molecule has 0 saturated carbocycles. The maximum absolute atomic E-state index is 13.5. The minimum Gasteiger partial charge on any atom is -0.300 e. The molecule has 3 heterocycles. The van der Waals surface area contributed by atoms with Crippen LogP contribution >= 0.6 is 22.9 Å². The molecule has 0 spiro atoms. The van der Waals surface area contributed by atoms with Crippen LogP contribution in [0.25, 0.3) is 10.4 Å². The Labute approximate surface area is 171 Å². The van der Waals surface area contributed by atoms with Crippen molar-refractivity contribution >= 4 is 40.2 Å². The van der Waals surface area contributed by atoms with E-state index in [2.05, 4.69) is 5.43 Å². The smallest absolute Gasteiger partial charge is 0.260 e. The third-order valence-corrected chi connectivity index (χ3v) is 6.07. The normalized spacial score (nSPS) is 12.7. The van der Waals surface area contributed by atoms with Crippen LogP contribution in [0.2, 0.25) is 5.02 Å². The molecule has 0 aliphatic carbocycles. The number of thiophene rings is 1. The van der Waals surface area contributed by atoms with E-state index in [9.17, 15) is 4.79 Å². The van der Waals surface area contributed by atoms with Crippen molar-refractivity contribution in [1.29, 1.82) is 0 Å². The van der Waals surface area contributed by atoms with Gasteiger partial charge in [-0.05, 0) is 53.4 Å². The number of hydrogen-bond acceptors (Lipinski definition) is 3. The van der Waals surface area contributed by atoms with Gasteiger partial charge in [0.1, 0.15) is 0 Å². The largest absolute Gasteiger partial charge is 0.300 e. The van der Waals surface area contributed by atoms with Crippen LogP contribution in [0.4, 0.5) is 11.4 Å². The van der Waals surface area contributed by atoms with E-state index < -0.39 is 0 Å². The fourth-order valence-corrected chi connectivity index (χ4v) is 4.43. The number of anilines is 2. The summed E-state index contributed by atoms with van der Waals surface area (Å²) >= 11 is 8.19. The number of halogens is 1. The van der Waals surface area contributed by atoms with Gasteiger partial charge in [-0.25, -0.2) is 0 Å². The van der Waals surface area contributed by atoms with Gasteiger partial charge in [-0.1, -0.05) is 35.9 Å². The van der Waals surface area contributed by atoms with Crippen molar-refractivity contribution in [2.45, 2.75) is 6.54 Å². The molecule has 1 N–H and O–H groups in total. The van der Waals surface area contributed by atoms with Gasteiger partial charge >= 0.3 is 0 Å². The first-order chi connectivity index (χ1) is 13.7. The summed E-state index contributed by atoms with van der Waals surface area (Å²) in [6.07, 6.45) is 1.95. The molecule has 0 fully saturated rings. The quantitative estimate of drug-likeness (QED) is 0.450. The van der Waals surface area contributed by atoms with Gasteiger partial charge in [0.25, 0.3) is 5.91 Å². The Balaban J connectivity index is 1.56. The van der Waals surface area contributed by atoms with E-state index in [1.807, 2.05) is 83.0 Å². The van der Waals surface area contributed by atoms with Crippen LogP contribution in [-0.2, 0) is 6.54 Å². The number of aromatic nitrogens is 1. The number of para-hydroxylation sites is 2. The Morgan fingerprint density at radius 2 is 1.93 bits per heavy atom. The van der Waals surface area contributed by atoms with Crippen LogP contribution in [0.5, 0.6) is 0 Å². The van der Waals surface area contributed by atoms with Gasteiger partial charge in [-0.15, -0.1) is 11.3 Å². The predicted molar refractivity (Wildman–Crippen MR) is 115 cm³/mol. The highest BCUT2D eigenvalue weighted by Crippen LogP contribution is 2.34. The van der Waals surface area contributed by atoms with Crippen molar-refractivity contribution in [3.05, 3.63) is 94.6 Å². The number of nitrogens with one attached hydrogen (secondary N) is 1. The van der Waals surface area contributed by atoms with Crippen LogP contribution in [0.3, 0.4) is 0 Å². The summed E-state index contributed by atoms with van der Waals surface area (Å²) in [5.41, 5.74) is 7.56. The summed E-state index contributed by atoms with van der Waals surface area (Å²) < 4.78 is 1.94. The van der Waals surface area contributed by atoms with Crippen molar-refractivity contribution in [3.63, 3.8) is 0 Å². The number of rotatable bonds is 2. The summed E-state index contributed by atoms with van der Waals surface area (Å²) in [6, 6.07) is 21.4. The van der Waals surface area contributed by atoms with E-state index in [4.69, 9.17) is 11.6 Å². The molecule has 0 unspecified atom stereocenters. The average Bonchev–Trinajstić information content (AvgIpc) is 3.36. The number of benzene rings is 2. The van der Waals surface area contributed by atoms with Gasteiger partial charge in [0.15, 0.2) is 0 Å². The van der Waals surface area contributed by atoms with Crippen LogP contribution in [0.1, 0.15) is 16.1 Å². The van der Waals surface area contributed by atoms with Crippen molar-refractivity contribution in [3.8, 4) is 10.4 Å². The first kappa shape index (κ1) is 17.1. The monoisotopic (exact) mass is 405 g/mol. The molecule has 28 heavy (non-hydrogen) atoms. The predicted octanol–water partition coefficient (Wildman–Crippen LogP) is 5.91. The van der Waals surface area contributed by atoms with Crippen molar-refractivity contribution in [2.75, 3.05) is 10.3 Å². The summed E-state index contributed by atoms with van der Waals surface area (Å²) in [5, 5.41) is 2.49. The maximum atomic E-state index is 13.5. The molecule has 2 aromatic carbocycles. The minimum absolute atomic E-state index is 0.119. The van der Waals surface area contributed by atoms with Gasteiger partial charge in [-0.3, -0.25) is 14.9 Å². The van der Waals surface area contributed by atoms with Crippen LogP contribution in [0, 0.1) is 0 Å². The lowest BCUT2D eigenvalue weighted by Crippen LogP contribution is -2.30. The number of fused-ring (bicyclic) bond motifs is 2. The highest BCUT2D eigenvalue weighted by molar-refractivity contribution is 7.13. The molecule has 2 aromatic heterocycles. The van der Waals surface area contributed by atoms with E-state index in [1.165, 1.54) is 0 Å². The Morgan fingerprint density at radius 1 is 1.04 bits per heavy atom. The lowest BCUT2D eigenvalue weighted by Gasteiger charge is -2.23. The fourth-order valence-electron chi connectivity index (χ4n) is 3.45. The summed E-state index contributed by atoms with van der Waals surface area (Å²) in [5.74, 6) is -0.119. The van der Waals surface area contributed by atoms with Gasteiger partial charge in [0, 0.05) is 11.1 Å². The molecular weight excluding hydrogens is 390 g/mol. The van der Waals surface area contributed by atoms with Gasteiger partial charge < -0.3 is 4.90 Å². The molecule has 0 atom stereocenters. The topological polar surface area (TPSA) is 37.3 Å². The highest BCUT2D eigenvalue weighted by atomic mass is 35.5. The third-order valence-electron chi connectivity index (χ3n) is 4.84. The van der Waals surface area contributed by atoms with Crippen molar-refractivity contribution in [1.82, 2.24) is 4.68 Å². The SMILES string of the molecule is O=C(c1ccc(-c2cccs2)cc1Cl)N1Cc2cccn2Nc2ccccc21. The number of amides is 1. The van der Waals surface area contributed by atoms with Gasteiger partial charge in [0.2, 0.25) is 0 Å². The van der Waals surface area contributed by atoms with E-state index >= 15 is 0 Å². The Hall–Kier alpha value is -3.02. The molecular formula is C22H16ClN3OS. The first-order valence-electron chi connectivity index (χ1n) is 8.88. The molecule has 5 rings (SSSR count). The number of hydrogen-bond donors (Lipinski definition) is 1. The van der Waals surface area contributed by atoms with E-state index in [0.717, 1.165) is 27.5 Å². The molecule has 4 nitrogen and oxygen atoms in total. The zero-order valence-electron chi connectivity index (χ0n) is 14.8. The number of carbonyl (C=O) groups excluding carboxylic acids is 1. The minimum atomic E-state index is -0.119. The van der Waals surface area contributed by atoms with Crippen LogP contribution in [-0.4, -0.2) is 10.6 Å². The molecule has 1 aliphatic rings. The van der Waals surface area contributed by atoms with Gasteiger partial charge in [-0.2, -0.15) is 0 Å². The lowest BCUT2D eigenvalue weighted by atomic mass is 10.1. The summed E-state index contributed by atoms with van der Waals surface area (Å²) in [4.78, 5) is 16.4. The third kappa shape index (κ3) is 2.89. The van der Waals surface area contributed by atoms with Crippen LogP contribution in [0.15, 0.2) is 78.3 Å². The van der Waals surface area contributed by atoms with E-state index in [1.54, 1.807) is 16.2 Å². The first-order valence-corrected chi connectivity index (χ1v) is 10.1. The molecule has 138 valence electrons. The Bertz CT molecular complexity index is 1170. The van der Waals surface area contributed by atoms with Crippen molar-refractivity contribution < 1.29 is 4.79 Å². The second kappa shape index (κ2) is 6.86. The molecule has 0 bridgehead atoms. The summed E-state index contributed by atoms with van der Waals surface area (Å²) in [7, 11) is 0. The zero-order chi connectivity index (χ0) is 19.1. The molecule has 0 saturated heterocycles. The molecule has 6 heteroatoms. The second-order valence-corrected chi connectivity index (χ2v) is 7.92. The second-order valence-electron chi connectivity index (χ2n) is 6.56. The fraction of sp³-hybridized carbons (Fsp3) is 0.0455. The zero-order valence-corrected chi connectivity index (χ0v) is 16.4.